The minimum atomic E-state index is -0.541. The molecule has 136 valence electrons. The number of carbonyl (C=O) groups is 1. The first-order valence-electron chi connectivity index (χ1n) is 7.69. The van der Waals surface area contributed by atoms with Gasteiger partial charge in [-0.15, -0.1) is 0 Å². The first-order chi connectivity index (χ1) is 12.1. The molecule has 0 aliphatic carbocycles. The molecule has 1 amide bonds. The lowest BCUT2D eigenvalue weighted by molar-refractivity contribution is -0.383. The van der Waals surface area contributed by atoms with Crippen LogP contribution in [0.3, 0.4) is 0 Å². The van der Waals surface area contributed by atoms with Crippen LogP contribution in [-0.4, -0.2) is 60.7 Å². The molecular weight excluding hydrogens is 334 g/mol. The lowest BCUT2D eigenvalue weighted by Gasteiger charge is -2.08. The molecule has 2 rings (SSSR count). The predicted octanol–water partition coefficient (Wildman–Crippen LogP) is 0.712. The van der Waals surface area contributed by atoms with Gasteiger partial charge < -0.3 is 20.1 Å². The van der Waals surface area contributed by atoms with Crippen molar-refractivity contribution in [1.29, 1.82) is 0 Å². The Bertz CT molecular complexity index is 719. The van der Waals surface area contributed by atoms with E-state index in [0.717, 1.165) is 0 Å². The first-order valence-corrected chi connectivity index (χ1v) is 7.69. The van der Waals surface area contributed by atoms with Crippen molar-refractivity contribution in [2.24, 2.45) is 0 Å². The summed E-state index contributed by atoms with van der Waals surface area (Å²) in [4.78, 5) is 21.5. The summed E-state index contributed by atoms with van der Waals surface area (Å²) in [6.07, 6.45) is 0. The Morgan fingerprint density at radius 1 is 1.24 bits per heavy atom. The second-order valence-electron chi connectivity index (χ2n) is 4.90. The van der Waals surface area contributed by atoms with Crippen LogP contribution < -0.4 is 10.6 Å². The normalized spacial score (nSPS) is 10.8. The fourth-order valence-electron chi connectivity index (χ4n) is 2.03. The first kappa shape index (κ1) is 18.5. The molecule has 0 saturated heterocycles. The number of hydrogen-bond acceptors (Lipinski definition) is 9. The molecule has 11 heteroatoms. The lowest BCUT2D eigenvalue weighted by atomic mass is 10.2. The zero-order valence-corrected chi connectivity index (χ0v) is 13.7. The largest absolute Gasteiger partial charge is 0.381 e. The van der Waals surface area contributed by atoms with Crippen LogP contribution in [-0.2, 0) is 14.3 Å². The van der Waals surface area contributed by atoms with Crippen LogP contribution in [0.15, 0.2) is 16.8 Å². The van der Waals surface area contributed by atoms with Gasteiger partial charge >= 0.3 is 5.69 Å². The number of hydrogen-bond donors (Lipinski definition) is 2. The van der Waals surface area contributed by atoms with Crippen molar-refractivity contribution in [3.05, 3.63) is 22.2 Å². The molecule has 0 aliphatic heterocycles. The average molecular weight is 353 g/mol. The molecule has 0 spiro atoms. The van der Waals surface area contributed by atoms with Gasteiger partial charge in [0.25, 0.3) is 0 Å². The number of ether oxygens (including phenoxy) is 2. The van der Waals surface area contributed by atoms with Crippen LogP contribution in [0.4, 0.5) is 11.4 Å². The van der Waals surface area contributed by atoms with Gasteiger partial charge in [0.2, 0.25) is 11.4 Å². The maximum Gasteiger partial charge on any atom is 0.300 e. The second kappa shape index (κ2) is 9.49. The van der Waals surface area contributed by atoms with E-state index in [2.05, 4.69) is 25.6 Å². The van der Waals surface area contributed by atoms with Gasteiger partial charge in [-0.05, 0) is 23.3 Å². The Hall–Kier alpha value is -2.79. The Morgan fingerprint density at radius 3 is 2.76 bits per heavy atom. The van der Waals surface area contributed by atoms with E-state index in [0.29, 0.717) is 44.1 Å². The number of amides is 1. The highest BCUT2D eigenvalue weighted by atomic mass is 16.6. The molecular formula is C14H19N5O6. The number of nitro benzene ring substituents is 1. The molecule has 0 bridgehead atoms. The van der Waals surface area contributed by atoms with Crippen molar-refractivity contribution >= 4 is 28.3 Å². The van der Waals surface area contributed by atoms with Gasteiger partial charge in [0, 0.05) is 19.2 Å². The molecule has 0 atom stereocenters. The zero-order valence-electron chi connectivity index (χ0n) is 13.7. The summed E-state index contributed by atoms with van der Waals surface area (Å²) in [6, 6.07) is 2.88. The number of nitrogens with zero attached hydrogens (tertiary/aromatic N) is 3. The number of nitrogens with one attached hydrogen (secondary N) is 2. The van der Waals surface area contributed by atoms with E-state index in [1.54, 1.807) is 6.07 Å². The highest BCUT2D eigenvalue weighted by molar-refractivity contribution is 5.93. The van der Waals surface area contributed by atoms with Crippen molar-refractivity contribution in [3.63, 3.8) is 0 Å². The summed E-state index contributed by atoms with van der Waals surface area (Å²) < 4.78 is 15.1. The van der Waals surface area contributed by atoms with Crippen LogP contribution in [0.1, 0.15) is 6.92 Å². The molecule has 0 aliphatic rings. The second-order valence-corrected chi connectivity index (χ2v) is 4.90. The average Bonchev–Trinajstić information content (AvgIpc) is 3.07. The number of benzene rings is 1. The zero-order chi connectivity index (χ0) is 18.1. The molecule has 1 heterocycles. The summed E-state index contributed by atoms with van der Waals surface area (Å²) in [7, 11) is 0. The van der Waals surface area contributed by atoms with Crippen molar-refractivity contribution in [2.75, 3.05) is 44.8 Å². The Balaban J connectivity index is 1.68. The van der Waals surface area contributed by atoms with Gasteiger partial charge in [-0.1, -0.05) is 0 Å². The van der Waals surface area contributed by atoms with Gasteiger partial charge in [-0.2, -0.15) is 0 Å². The van der Waals surface area contributed by atoms with E-state index >= 15 is 0 Å². The molecule has 1 aromatic carbocycles. The quantitative estimate of drug-likeness (QED) is 0.339. The number of rotatable bonds is 11. The summed E-state index contributed by atoms with van der Waals surface area (Å²) in [5.74, 6) is -0.160. The third-order valence-electron chi connectivity index (χ3n) is 3.13. The van der Waals surface area contributed by atoms with Crippen LogP contribution >= 0.6 is 0 Å². The van der Waals surface area contributed by atoms with E-state index in [1.165, 1.54) is 6.07 Å². The van der Waals surface area contributed by atoms with Gasteiger partial charge in [-0.25, -0.2) is 4.63 Å². The number of anilines is 1. The van der Waals surface area contributed by atoms with Gasteiger partial charge in [-0.3, -0.25) is 14.9 Å². The standard InChI is InChI=1S/C14H19N5O6/c1-2-15-12(20)9-24-8-7-23-6-5-16-10-3-4-11(19(21)22)14-13(10)17-25-18-14/h3-4,16H,2,5-9H2,1H3,(H,15,20). The summed E-state index contributed by atoms with van der Waals surface area (Å²) >= 11 is 0. The summed E-state index contributed by atoms with van der Waals surface area (Å²) in [5, 5.41) is 23.8. The fourth-order valence-corrected chi connectivity index (χ4v) is 2.03. The fraction of sp³-hybridized carbons (Fsp3) is 0.500. The summed E-state index contributed by atoms with van der Waals surface area (Å²) in [6.45, 7) is 3.91. The lowest BCUT2D eigenvalue weighted by Crippen LogP contribution is -2.27. The van der Waals surface area contributed by atoms with Crippen LogP contribution in [0.5, 0.6) is 0 Å². The monoisotopic (exact) mass is 353 g/mol. The van der Waals surface area contributed by atoms with E-state index in [1.807, 2.05) is 6.92 Å². The van der Waals surface area contributed by atoms with Crippen LogP contribution in [0.2, 0.25) is 0 Å². The minimum Gasteiger partial charge on any atom is -0.381 e. The molecule has 0 saturated carbocycles. The van der Waals surface area contributed by atoms with Gasteiger partial charge in [0.15, 0.2) is 5.52 Å². The SMILES string of the molecule is CCNC(=O)COCCOCCNc1ccc([N+](=O)[O-])c2nonc12. The molecule has 25 heavy (non-hydrogen) atoms. The van der Waals surface area contributed by atoms with E-state index in [4.69, 9.17) is 9.47 Å². The van der Waals surface area contributed by atoms with Gasteiger partial charge in [0.1, 0.15) is 6.61 Å². The topological polar surface area (TPSA) is 142 Å². The number of aromatic nitrogens is 2. The molecule has 2 N–H and O–H groups in total. The number of likely N-dealkylation sites (N-methyl/N-ethyl adjacent to an activating group) is 1. The van der Waals surface area contributed by atoms with E-state index in [-0.39, 0.29) is 23.7 Å². The Kier molecular flexibility index (Phi) is 7.04. The third-order valence-corrected chi connectivity index (χ3v) is 3.13. The smallest absolute Gasteiger partial charge is 0.300 e. The number of nitro groups is 1. The molecule has 0 unspecified atom stereocenters. The molecule has 11 nitrogen and oxygen atoms in total. The summed E-state index contributed by atoms with van der Waals surface area (Å²) in [5.41, 5.74) is 0.786. The molecule has 1 aromatic heterocycles. The van der Waals surface area contributed by atoms with Crippen LogP contribution in [0.25, 0.3) is 11.0 Å². The number of carbonyl (C=O) groups excluding carboxylic acids is 1. The molecule has 0 radical (unpaired) electrons. The maximum absolute atomic E-state index is 11.1. The third kappa shape index (κ3) is 5.36. The van der Waals surface area contributed by atoms with E-state index in [9.17, 15) is 14.9 Å². The van der Waals surface area contributed by atoms with Crippen LogP contribution in [0, 0.1) is 10.1 Å². The van der Waals surface area contributed by atoms with Crippen molar-refractivity contribution in [2.45, 2.75) is 6.92 Å². The highest BCUT2D eigenvalue weighted by Crippen LogP contribution is 2.28. The molecule has 0 fully saturated rings. The van der Waals surface area contributed by atoms with Crippen molar-refractivity contribution in [3.8, 4) is 0 Å². The number of non-ortho nitro benzene ring substituents is 1. The highest BCUT2D eigenvalue weighted by Gasteiger charge is 2.19. The van der Waals surface area contributed by atoms with Crippen molar-refractivity contribution < 1.29 is 23.8 Å². The molecule has 2 aromatic rings. The van der Waals surface area contributed by atoms with Crippen molar-refractivity contribution in [1.82, 2.24) is 15.6 Å². The Morgan fingerprint density at radius 2 is 2.00 bits per heavy atom. The Labute approximate surface area is 142 Å². The predicted molar refractivity (Wildman–Crippen MR) is 87.3 cm³/mol. The van der Waals surface area contributed by atoms with E-state index < -0.39 is 4.92 Å². The van der Waals surface area contributed by atoms with Gasteiger partial charge in [0.05, 0.1) is 30.4 Å². The number of fused-ring (bicyclic) bond motifs is 1. The minimum absolute atomic E-state index is 0.00931. The maximum atomic E-state index is 11.1.